The van der Waals surface area contributed by atoms with Gasteiger partial charge in [-0.05, 0) is 39.5 Å². The van der Waals surface area contributed by atoms with Crippen molar-refractivity contribution >= 4 is 41.5 Å². The molecular weight excluding hydrogens is 845 g/mol. The molecule has 4 amide bonds. The number of carboxylic acids is 1. The van der Waals surface area contributed by atoms with E-state index >= 15 is 0 Å². The maximum Gasteiger partial charge on any atom is 0.309 e. The predicted octanol–water partition coefficient (Wildman–Crippen LogP) is 5.15. The first-order valence-electron chi connectivity index (χ1n) is 24.8. The van der Waals surface area contributed by atoms with Crippen LogP contribution in [0.5, 0.6) is 0 Å². The number of nitrogens with one attached hydrogen (secondary N) is 3. The fraction of sp³-hybridized carbons (Fsp3) is 0.851. The monoisotopic (exact) mass is 930 g/mol. The molecule has 0 spiro atoms. The molecule has 0 radical (unpaired) electrons. The van der Waals surface area contributed by atoms with Crippen molar-refractivity contribution in [2.75, 3.05) is 6.61 Å². The lowest BCUT2D eigenvalue weighted by molar-refractivity contribution is -0.267. The summed E-state index contributed by atoms with van der Waals surface area (Å²) in [5.74, 6) is -6.12. The van der Waals surface area contributed by atoms with Crippen LogP contribution in [0.1, 0.15) is 195 Å². The van der Waals surface area contributed by atoms with Gasteiger partial charge in [0.15, 0.2) is 7.70 Å². The highest BCUT2D eigenvalue weighted by Gasteiger charge is 2.47. The molecule has 0 saturated carbocycles. The molecule has 1 aliphatic rings. The first-order chi connectivity index (χ1) is 31.4. The van der Waals surface area contributed by atoms with Crippen LogP contribution < -0.4 is 21.7 Å². The lowest BCUT2D eigenvalue weighted by Crippen LogP contribution is -2.66. The van der Waals surface area contributed by atoms with Gasteiger partial charge in [0.2, 0.25) is 23.6 Å². The van der Waals surface area contributed by atoms with Crippen molar-refractivity contribution in [3.63, 3.8) is 0 Å². The summed E-state index contributed by atoms with van der Waals surface area (Å²) in [5.41, 5.74) is 5.28. The van der Waals surface area contributed by atoms with Gasteiger partial charge in [-0.2, -0.15) is 0 Å². The topological polar surface area (TPSA) is 279 Å². The summed E-state index contributed by atoms with van der Waals surface area (Å²) in [6.07, 6.45) is 13.2. The first kappa shape index (κ1) is 57.3. The van der Waals surface area contributed by atoms with Crippen LogP contribution in [0.2, 0.25) is 1.41 Å². The summed E-state index contributed by atoms with van der Waals surface area (Å²) in [5, 5.41) is 36.2. The number of aliphatic hydroxyl groups excluding tert-OH is 2. The average molecular weight is 930 g/mol. The number of carboxylic acid groups (broad SMARTS) is 1. The van der Waals surface area contributed by atoms with E-state index in [1.165, 1.54) is 90.9 Å². The third-order valence-electron chi connectivity index (χ3n) is 11.5. The molecule has 0 aromatic rings. The van der Waals surface area contributed by atoms with E-state index in [-0.39, 0.29) is 30.5 Å². The Morgan fingerprint density at radius 1 is 0.723 bits per heavy atom. The molecule has 0 aromatic heterocycles. The smallest absolute Gasteiger partial charge is 0.309 e. The zero-order valence-corrected chi connectivity index (χ0v) is 39.9. The van der Waals surface area contributed by atoms with Gasteiger partial charge in [0.05, 0.1) is 6.42 Å². The summed E-state index contributed by atoms with van der Waals surface area (Å²) in [7, 11) is 0. The van der Waals surface area contributed by atoms with Crippen molar-refractivity contribution in [2.45, 2.75) is 250 Å². The molecule has 1 saturated heterocycles. The standard InChI is InChI=1S/C47H84N4O14/c1-6-8-10-12-14-16-17-19-21-23-25-27-39(55)64-35(26-24-22-20-18-15-13-11-9-7-2)30-40(56)62-31-37-42(57)43(41(47(61)65-37)50-34(5)52)63-33(4)46(60)49-32(3)45(59)51-36(44(48)58)28-29-38(53)54/h32-33,35-37,41-43,47,57,61H,6-31H2,1-5H3,(H2,48,58)(H,49,60)(H,50,52)(H,51,59)(H,53,54)/t32-,33+,35+,36-,37+,41+,42+,43+,47?/m0/s1/i/hD. The fourth-order valence-electron chi connectivity index (χ4n) is 7.60. The van der Waals surface area contributed by atoms with E-state index in [0.717, 1.165) is 51.9 Å². The highest BCUT2D eigenvalue weighted by Crippen LogP contribution is 2.25. The number of primary amides is 1. The molecule has 1 fully saturated rings. The molecule has 65 heavy (non-hydrogen) atoms. The molecule has 9 atom stereocenters. The van der Waals surface area contributed by atoms with Crippen LogP contribution in [-0.4, -0.2) is 118 Å². The highest BCUT2D eigenvalue weighted by atomic mass is 16.6. The number of carbonyl (C=O) groups is 7. The molecule has 1 rings (SSSR count). The number of nitrogens with two attached hydrogens (primary N) is 1. The Bertz CT molecular complexity index is 1440. The number of esters is 2. The molecule has 0 aliphatic carbocycles. The Morgan fingerprint density at radius 2 is 1.25 bits per heavy atom. The van der Waals surface area contributed by atoms with E-state index in [9.17, 15) is 43.8 Å². The maximum absolute atomic E-state index is 13.3. The van der Waals surface area contributed by atoms with Gasteiger partial charge in [-0.25, -0.2) is 0 Å². The highest BCUT2D eigenvalue weighted by molar-refractivity contribution is 5.92. The van der Waals surface area contributed by atoms with Crippen LogP contribution in [0.4, 0.5) is 0 Å². The summed E-state index contributed by atoms with van der Waals surface area (Å²) in [6.45, 7) is 7.31. The minimum Gasteiger partial charge on any atom is -0.481 e. The summed E-state index contributed by atoms with van der Waals surface area (Å²) < 4.78 is 31.0. The van der Waals surface area contributed by atoms with Crippen molar-refractivity contribution < 1.29 is 69.2 Å². The second-order valence-corrected chi connectivity index (χ2v) is 17.5. The van der Waals surface area contributed by atoms with Crippen molar-refractivity contribution in [3.8, 4) is 0 Å². The largest absolute Gasteiger partial charge is 0.481 e. The van der Waals surface area contributed by atoms with Gasteiger partial charge in [-0.1, -0.05) is 129 Å². The lowest BCUT2D eigenvalue weighted by Gasteiger charge is -2.43. The lowest BCUT2D eigenvalue weighted by atomic mass is 9.96. The van der Waals surface area contributed by atoms with Gasteiger partial charge in [-0.3, -0.25) is 33.6 Å². The number of aliphatic carboxylic acids is 1. The molecule has 0 aromatic carbocycles. The zero-order valence-electron chi connectivity index (χ0n) is 40.9. The summed E-state index contributed by atoms with van der Waals surface area (Å²) in [6, 6.07) is -4.36. The number of aliphatic hydroxyl groups is 2. The molecule has 1 aliphatic heterocycles. The van der Waals surface area contributed by atoms with E-state index < -0.39 is 104 Å². The van der Waals surface area contributed by atoms with E-state index in [1.54, 1.807) is 0 Å². The third kappa shape index (κ3) is 27.4. The summed E-state index contributed by atoms with van der Waals surface area (Å²) in [4.78, 5) is 87.2. The van der Waals surface area contributed by atoms with Crippen LogP contribution >= 0.6 is 0 Å². The Morgan fingerprint density at radius 3 is 1.75 bits per heavy atom. The third-order valence-corrected chi connectivity index (χ3v) is 11.5. The zero-order chi connectivity index (χ0) is 49.4. The van der Waals surface area contributed by atoms with E-state index in [4.69, 9.17) is 31.2 Å². The van der Waals surface area contributed by atoms with Gasteiger partial charge in [-0.15, -0.1) is 0 Å². The van der Waals surface area contributed by atoms with Crippen LogP contribution in [0.25, 0.3) is 0 Å². The molecule has 376 valence electrons. The Balaban J connectivity index is 2.91. The van der Waals surface area contributed by atoms with Crippen LogP contribution in [-0.2, 0) is 52.5 Å². The Kier molecular flexibility index (Phi) is 31.1. The Labute approximate surface area is 388 Å². The number of unbranched alkanes of at least 4 members (excludes halogenated alkanes) is 18. The van der Waals surface area contributed by atoms with E-state index in [0.29, 0.717) is 12.8 Å². The number of hydrogen-bond donors (Lipinski definition) is 7. The minimum atomic E-state index is -1.82. The fourth-order valence-corrected chi connectivity index (χ4v) is 7.60. The average Bonchev–Trinajstić information content (AvgIpc) is 3.26. The molecular formula is C47H84N4O14. The molecule has 18 heteroatoms. The normalized spacial score (nSPS) is 20.4. The van der Waals surface area contributed by atoms with Crippen LogP contribution in [0.3, 0.4) is 0 Å². The van der Waals surface area contributed by atoms with Gasteiger partial charge < -0.3 is 55.9 Å². The quantitative estimate of drug-likeness (QED) is 0.0312. The SMILES string of the molecule is [2H]N(C(=O)[C@@H](C)O[C@H]1[C@H](O)[C@@H](COC(=O)C[C@@H](CCCCCCCCCCC)OC(=O)CCCCCCCCCCCCC)OC(O)[C@@H]1NC(C)=O)[C@@H](C)C(=O)N[C@@H](CCC(=O)O)C(N)=O. The van der Waals surface area contributed by atoms with Gasteiger partial charge >= 0.3 is 17.9 Å². The number of rotatable bonds is 38. The molecule has 1 heterocycles. The van der Waals surface area contributed by atoms with Gasteiger partial charge in [0.1, 0.15) is 55.3 Å². The number of amides is 4. The molecule has 8 N–H and O–H groups in total. The van der Waals surface area contributed by atoms with Crippen LogP contribution in [0, 0.1) is 0 Å². The minimum absolute atomic E-state index is 0.243. The molecule has 1 unspecified atom stereocenters. The van der Waals surface area contributed by atoms with Crippen molar-refractivity contribution in [3.05, 3.63) is 0 Å². The molecule has 18 nitrogen and oxygen atoms in total. The van der Waals surface area contributed by atoms with E-state index in [1.807, 2.05) is 0 Å². The van der Waals surface area contributed by atoms with Gasteiger partial charge in [0.25, 0.3) is 0 Å². The van der Waals surface area contributed by atoms with Crippen molar-refractivity contribution in [1.82, 2.24) is 15.9 Å². The Hall–Kier alpha value is -3.87. The predicted molar refractivity (Wildman–Crippen MR) is 243 cm³/mol. The van der Waals surface area contributed by atoms with Gasteiger partial charge in [0, 0.05) is 19.8 Å². The van der Waals surface area contributed by atoms with E-state index in [2.05, 4.69) is 24.5 Å². The second kappa shape index (κ2) is 35.3. The number of carbonyl (C=O) groups excluding carboxylic acids is 6. The maximum atomic E-state index is 13.3. The number of ether oxygens (including phenoxy) is 4. The summed E-state index contributed by atoms with van der Waals surface area (Å²) >= 11 is 0. The first-order valence-corrected chi connectivity index (χ1v) is 24.4. The van der Waals surface area contributed by atoms with Crippen LogP contribution in [0.15, 0.2) is 0 Å². The number of hydrogen-bond acceptors (Lipinski definition) is 13. The molecule has 0 bridgehead atoms. The van der Waals surface area contributed by atoms with Crippen molar-refractivity contribution in [1.29, 1.82) is 0 Å². The second-order valence-electron chi connectivity index (χ2n) is 17.5. The van der Waals surface area contributed by atoms with Crippen molar-refractivity contribution in [2.24, 2.45) is 5.73 Å².